The molecule has 0 aliphatic rings. The Kier molecular flexibility index (Phi) is 3.92. The van der Waals surface area contributed by atoms with Crippen molar-refractivity contribution in [2.75, 3.05) is 11.9 Å². The number of hydrogen-bond donors (Lipinski definition) is 1. The van der Waals surface area contributed by atoms with Gasteiger partial charge in [0.1, 0.15) is 12.5 Å². The van der Waals surface area contributed by atoms with Crippen molar-refractivity contribution >= 4 is 11.6 Å². The summed E-state index contributed by atoms with van der Waals surface area (Å²) in [5.41, 5.74) is 1.47. The first-order chi connectivity index (χ1) is 9.54. The molecule has 1 N–H and O–H groups in total. The molecule has 0 saturated carbocycles. The third kappa shape index (κ3) is 2.58. The van der Waals surface area contributed by atoms with E-state index in [1.807, 2.05) is 20.8 Å². The van der Waals surface area contributed by atoms with Crippen molar-refractivity contribution in [1.29, 1.82) is 0 Å². The molecule has 8 heteroatoms. The maximum absolute atomic E-state index is 11.1. The van der Waals surface area contributed by atoms with Gasteiger partial charge in [0.2, 0.25) is 11.8 Å². The molecule has 20 heavy (non-hydrogen) atoms. The van der Waals surface area contributed by atoms with Crippen molar-refractivity contribution < 1.29 is 4.92 Å². The topological polar surface area (TPSA) is 98.8 Å². The molecule has 0 bridgehead atoms. The van der Waals surface area contributed by atoms with Gasteiger partial charge in [-0.05, 0) is 20.3 Å². The minimum Gasteiger partial charge on any atom is -0.354 e. The Labute approximate surface area is 116 Å². The van der Waals surface area contributed by atoms with Crippen molar-refractivity contribution in [3.05, 3.63) is 34.0 Å². The Balaban J connectivity index is 2.52. The van der Waals surface area contributed by atoms with Crippen LogP contribution >= 0.6 is 0 Å². The monoisotopic (exact) mass is 276 g/mol. The number of rotatable bonds is 5. The number of aromatic nitrogens is 4. The zero-order valence-electron chi connectivity index (χ0n) is 11.6. The second-order valence-electron chi connectivity index (χ2n) is 4.37. The zero-order valence-corrected chi connectivity index (χ0v) is 11.6. The fourth-order valence-corrected chi connectivity index (χ4v) is 1.71. The van der Waals surface area contributed by atoms with Gasteiger partial charge >= 0.3 is 5.69 Å². The third-order valence-electron chi connectivity index (χ3n) is 2.96. The molecule has 0 fully saturated rings. The predicted molar refractivity (Wildman–Crippen MR) is 74.1 cm³/mol. The van der Waals surface area contributed by atoms with Gasteiger partial charge in [-0.3, -0.25) is 14.7 Å². The Morgan fingerprint density at radius 1 is 1.40 bits per heavy atom. The Morgan fingerprint density at radius 2 is 2.15 bits per heavy atom. The lowest BCUT2D eigenvalue weighted by atomic mass is 10.3. The van der Waals surface area contributed by atoms with Crippen LogP contribution in [0.15, 0.2) is 12.5 Å². The minimum atomic E-state index is -0.492. The van der Waals surface area contributed by atoms with Crippen molar-refractivity contribution in [1.82, 2.24) is 19.5 Å². The predicted octanol–water partition coefficient (Wildman–Crippen LogP) is 2.01. The van der Waals surface area contributed by atoms with Crippen molar-refractivity contribution in [3.63, 3.8) is 0 Å². The van der Waals surface area contributed by atoms with Gasteiger partial charge in [-0.25, -0.2) is 9.97 Å². The van der Waals surface area contributed by atoms with Crippen LogP contribution in [0, 0.1) is 24.0 Å². The van der Waals surface area contributed by atoms with Crippen LogP contribution in [0.5, 0.6) is 0 Å². The molecule has 0 unspecified atom stereocenters. The summed E-state index contributed by atoms with van der Waals surface area (Å²) in [6, 6.07) is 0. The average Bonchev–Trinajstić information content (AvgIpc) is 2.76. The molecule has 2 aromatic heterocycles. The Morgan fingerprint density at radius 3 is 2.70 bits per heavy atom. The van der Waals surface area contributed by atoms with E-state index < -0.39 is 4.92 Å². The van der Waals surface area contributed by atoms with Crippen molar-refractivity contribution in [2.45, 2.75) is 27.2 Å². The van der Waals surface area contributed by atoms with Crippen molar-refractivity contribution in [2.24, 2.45) is 0 Å². The molecule has 2 aromatic rings. The smallest absolute Gasteiger partial charge is 0.330 e. The molecule has 0 saturated heterocycles. The summed E-state index contributed by atoms with van der Waals surface area (Å²) in [4.78, 5) is 23.0. The molecule has 2 heterocycles. The highest BCUT2D eigenvalue weighted by Crippen LogP contribution is 2.23. The standard InChI is InChI=1S/C12H16N6O2/c1-4-5-13-12-14-6-10(18(19)20)11(16-12)17-7-15-8(2)9(17)3/h6-7H,4-5H2,1-3H3,(H,13,14,16). The van der Waals surface area contributed by atoms with Gasteiger partial charge in [0.25, 0.3) is 0 Å². The molecule has 0 amide bonds. The SMILES string of the molecule is CCCNc1ncc([N+](=O)[O-])c(-n2cnc(C)c2C)n1. The maximum Gasteiger partial charge on any atom is 0.330 e. The highest BCUT2D eigenvalue weighted by atomic mass is 16.6. The summed E-state index contributed by atoms with van der Waals surface area (Å²) in [6.45, 7) is 6.41. The molecule has 0 aliphatic carbocycles. The summed E-state index contributed by atoms with van der Waals surface area (Å²) in [6.07, 6.45) is 3.66. The number of anilines is 1. The molecular weight excluding hydrogens is 260 g/mol. The van der Waals surface area contributed by atoms with Crippen LogP contribution in [0.25, 0.3) is 5.82 Å². The second kappa shape index (κ2) is 5.64. The number of nitro groups is 1. The average molecular weight is 276 g/mol. The highest BCUT2D eigenvalue weighted by molar-refractivity contribution is 5.49. The van der Waals surface area contributed by atoms with E-state index in [2.05, 4.69) is 20.3 Å². The van der Waals surface area contributed by atoms with E-state index in [1.54, 1.807) is 4.57 Å². The van der Waals surface area contributed by atoms with Crippen LogP contribution < -0.4 is 5.32 Å². The fourth-order valence-electron chi connectivity index (χ4n) is 1.71. The molecule has 0 aliphatic heterocycles. The molecule has 0 spiro atoms. The van der Waals surface area contributed by atoms with Crippen LogP contribution in [0.4, 0.5) is 11.6 Å². The summed E-state index contributed by atoms with van der Waals surface area (Å²) in [7, 11) is 0. The van der Waals surface area contributed by atoms with Gasteiger partial charge in [-0.1, -0.05) is 6.92 Å². The van der Waals surface area contributed by atoms with E-state index in [0.717, 1.165) is 17.8 Å². The van der Waals surface area contributed by atoms with Crippen LogP contribution in [0.1, 0.15) is 24.7 Å². The van der Waals surface area contributed by atoms with E-state index in [0.29, 0.717) is 12.5 Å². The molecule has 0 radical (unpaired) electrons. The van der Waals surface area contributed by atoms with Crippen LogP contribution in [-0.2, 0) is 0 Å². The van der Waals surface area contributed by atoms with E-state index in [4.69, 9.17) is 0 Å². The van der Waals surface area contributed by atoms with Crippen LogP contribution in [0.2, 0.25) is 0 Å². The summed E-state index contributed by atoms with van der Waals surface area (Å²) >= 11 is 0. The summed E-state index contributed by atoms with van der Waals surface area (Å²) in [5.74, 6) is 0.597. The third-order valence-corrected chi connectivity index (χ3v) is 2.96. The maximum atomic E-state index is 11.1. The zero-order chi connectivity index (χ0) is 14.7. The molecule has 8 nitrogen and oxygen atoms in total. The van der Waals surface area contributed by atoms with Crippen LogP contribution in [-0.4, -0.2) is 31.0 Å². The first kappa shape index (κ1) is 13.9. The Bertz CT molecular complexity index is 637. The molecular formula is C12H16N6O2. The van der Waals surface area contributed by atoms with Gasteiger partial charge in [0.05, 0.1) is 10.6 Å². The fraction of sp³-hybridized carbons (Fsp3) is 0.417. The van der Waals surface area contributed by atoms with Gasteiger partial charge < -0.3 is 5.32 Å². The number of nitrogens with one attached hydrogen (secondary N) is 1. The molecule has 0 aromatic carbocycles. The van der Waals surface area contributed by atoms with Gasteiger partial charge in [0, 0.05) is 12.2 Å². The van der Waals surface area contributed by atoms with E-state index in [9.17, 15) is 10.1 Å². The number of imidazole rings is 1. The van der Waals surface area contributed by atoms with Gasteiger partial charge in [0.15, 0.2) is 0 Å². The summed E-state index contributed by atoms with van der Waals surface area (Å²) in [5, 5.41) is 14.1. The highest BCUT2D eigenvalue weighted by Gasteiger charge is 2.20. The quantitative estimate of drug-likeness (QED) is 0.662. The van der Waals surface area contributed by atoms with Gasteiger partial charge in [-0.2, -0.15) is 4.98 Å². The lowest BCUT2D eigenvalue weighted by molar-refractivity contribution is -0.385. The van der Waals surface area contributed by atoms with Crippen LogP contribution in [0.3, 0.4) is 0 Å². The molecule has 106 valence electrons. The Hall–Kier alpha value is -2.51. The number of nitrogens with zero attached hydrogens (tertiary/aromatic N) is 5. The lowest BCUT2D eigenvalue weighted by Crippen LogP contribution is -2.10. The first-order valence-corrected chi connectivity index (χ1v) is 6.30. The number of hydrogen-bond acceptors (Lipinski definition) is 6. The molecule has 0 atom stereocenters. The van der Waals surface area contributed by atoms with Gasteiger partial charge in [-0.15, -0.1) is 0 Å². The van der Waals surface area contributed by atoms with Crippen molar-refractivity contribution in [3.8, 4) is 5.82 Å². The van der Waals surface area contributed by atoms with E-state index in [-0.39, 0.29) is 11.5 Å². The minimum absolute atomic E-state index is 0.146. The lowest BCUT2D eigenvalue weighted by Gasteiger charge is -2.08. The summed E-state index contributed by atoms with van der Waals surface area (Å²) < 4.78 is 1.60. The molecule has 2 rings (SSSR count). The van der Waals surface area contributed by atoms with E-state index in [1.165, 1.54) is 12.5 Å². The number of aryl methyl sites for hydroxylation is 1. The first-order valence-electron chi connectivity index (χ1n) is 6.30. The van der Waals surface area contributed by atoms with E-state index >= 15 is 0 Å². The largest absolute Gasteiger partial charge is 0.354 e. The normalized spacial score (nSPS) is 10.6. The second-order valence-corrected chi connectivity index (χ2v) is 4.37.